The largest absolute Gasteiger partial charge is 0.308 e. The number of allylic oxidation sites excluding steroid dienone is 2. The lowest BCUT2D eigenvalue weighted by molar-refractivity contribution is 1.07. The fourth-order valence-electron chi connectivity index (χ4n) is 7.19. The third-order valence-electron chi connectivity index (χ3n) is 9.53. The normalized spacial score (nSPS) is 11.6. The van der Waals surface area contributed by atoms with Crippen LogP contribution in [0.2, 0.25) is 0 Å². The Balaban J connectivity index is 1.34. The van der Waals surface area contributed by atoms with Crippen LogP contribution in [0.4, 0.5) is 0 Å². The predicted octanol–water partition coefficient (Wildman–Crippen LogP) is 11.4. The van der Waals surface area contributed by atoms with Crippen LogP contribution in [-0.2, 0) is 0 Å². The molecular formula is C46H33N5. The number of fused-ring (bicyclic) bond motifs is 5. The number of para-hydroxylation sites is 2. The molecule has 5 heteroatoms. The highest BCUT2D eigenvalue weighted by Crippen LogP contribution is 2.41. The molecule has 242 valence electrons. The van der Waals surface area contributed by atoms with E-state index in [1.807, 2.05) is 72.8 Å². The van der Waals surface area contributed by atoms with Crippen molar-refractivity contribution in [2.24, 2.45) is 0 Å². The Morgan fingerprint density at radius 1 is 0.490 bits per heavy atom. The van der Waals surface area contributed by atoms with E-state index in [-0.39, 0.29) is 0 Å². The van der Waals surface area contributed by atoms with Crippen LogP contribution in [0.15, 0.2) is 170 Å². The molecule has 0 spiro atoms. The zero-order valence-electron chi connectivity index (χ0n) is 28.1. The van der Waals surface area contributed by atoms with Crippen molar-refractivity contribution in [1.29, 1.82) is 0 Å². The van der Waals surface area contributed by atoms with Gasteiger partial charge in [-0.2, -0.15) is 0 Å². The molecule has 0 aliphatic carbocycles. The Kier molecular flexibility index (Phi) is 7.44. The van der Waals surface area contributed by atoms with Gasteiger partial charge in [0, 0.05) is 49.9 Å². The summed E-state index contributed by atoms with van der Waals surface area (Å²) in [5.41, 5.74) is 10.7. The topological polar surface area (TPSA) is 48.5 Å². The molecule has 0 N–H and O–H groups in total. The second kappa shape index (κ2) is 12.6. The van der Waals surface area contributed by atoms with Gasteiger partial charge in [-0.15, -0.1) is 0 Å². The highest BCUT2D eigenvalue weighted by atomic mass is 15.1. The first-order chi connectivity index (χ1) is 25.2. The maximum absolute atomic E-state index is 5.04. The minimum Gasteiger partial charge on any atom is -0.308 e. The van der Waals surface area contributed by atoms with Gasteiger partial charge in [0.15, 0.2) is 17.5 Å². The molecule has 3 aromatic heterocycles. The quantitative estimate of drug-likeness (QED) is 0.161. The van der Waals surface area contributed by atoms with Gasteiger partial charge in [0.05, 0.1) is 16.6 Å². The Hall–Kier alpha value is -6.85. The summed E-state index contributed by atoms with van der Waals surface area (Å²) in [5.74, 6) is 1.90. The van der Waals surface area contributed by atoms with E-state index in [0.717, 1.165) is 50.3 Å². The summed E-state index contributed by atoms with van der Waals surface area (Å²) in [7, 11) is 0. The van der Waals surface area contributed by atoms with Crippen LogP contribution in [0.5, 0.6) is 0 Å². The van der Waals surface area contributed by atoms with Gasteiger partial charge in [-0.05, 0) is 48.9 Å². The lowest BCUT2D eigenvalue weighted by Crippen LogP contribution is -2.02. The van der Waals surface area contributed by atoms with Crippen molar-refractivity contribution < 1.29 is 0 Å². The zero-order valence-corrected chi connectivity index (χ0v) is 28.1. The van der Waals surface area contributed by atoms with Gasteiger partial charge in [0.25, 0.3) is 0 Å². The molecule has 9 aromatic rings. The SMILES string of the molecule is C=C/C=C\c1c(C)c2ccc3c4ccccc4n(-c4cccc(-c5nc(-c6ccccc6)nc(-c6ccccc6)n5)c4)c3c2n1-c1ccccc1. The van der Waals surface area contributed by atoms with E-state index in [4.69, 9.17) is 15.0 Å². The first-order valence-electron chi connectivity index (χ1n) is 17.1. The maximum Gasteiger partial charge on any atom is 0.164 e. The first-order valence-corrected chi connectivity index (χ1v) is 17.1. The molecule has 0 fully saturated rings. The van der Waals surface area contributed by atoms with Gasteiger partial charge in [-0.3, -0.25) is 0 Å². The number of rotatable bonds is 7. The van der Waals surface area contributed by atoms with Crippen LogP contribution in [0.25, 0.3) is 84.3 Å². The van der Waals surface area contributed by atoms with Gasteiger partial charge in [0.2, 0.25) is 0 Å². The van der Waals surface area contributed by atoms with Gasteiger partial charge < -0.3 is 9.13 Å². The minimum absolute atomic E-state index is 0.621. The molecule has 0 amide bonds. The molecule has 0 saturated carbocycles. The number of aryl methyl sites for hydroxylation is 1. The summed E-state index contributed by atoms with van der Waals surface area (Å²) < 4.78 is 4.78. The fourth-order valence-corrected chi connectivity index (χ4v) is 7.19. The van der Waals surface area contributed by atoms with Crippen LogP contribution in [-0.4, -0.2) is 24.1 Å². The van der Waals surface area contributed by atoms with Crippen LogP contribution in [0.3, 0.4) is 0 Å². The standard InChI is InChI=1S/C46H33N5/c1-3-4-26-40-31(2)37-28-29-39-38-25-14-15-27-41(38)51(43(39)42(37)50(40)35-22-12-7-13-23-35)36-24-16-21-34(30-36)46-48-44(32-17-8-5-9-18-32)47-45(49-46)33-19-10-6-11-20-33/h3-30H,1H2,2H3/b26-4-. The Labute approximate surface area is 296 Å². The van der Waals surface area contributed by atoms with Crippen LogP contribution >= 0.6 is 0 Å². The molecule has 0 bridgehead atoms. The van der Waals surface area contributed by atoms with E-state index in [1.165, 1.54) is 21.7 Å². The van der Waals surface area contributed by atoms with E-state index in [0.29, 0.717) is 17.5 Å². The molecule has 0 aliphatic rings. The first kappa shape index (κ1) is 30.2. The van der Waals surface area contributed by atoms with Crippen molar-refractivity contribution in [2.75, 3.05) is 0 Å². The Morgan fingerprint density at radius 3 is 1.69 bits per heavy atom. The lowest BCUT2D eigenvalue weighted by atomic mass is 10.1. The Bertz CT molecular complexity index is 2700. The van der Waals surface area contributed by atoms with Crippen LogP contribution in [0.1, 0.15) is 11.3 Å². The molecule has 5 nitrogen and oxygen atoms in total. The molecule has 0 saturated heterocycles. The Morgan fingerprint density at radius 2 is 1.02 bits per heavy atom. The van der Waals surface area contributed by atoms with Crippen LogP contribution < -0.4 is 0 Å². The third-order valence-corrected chi connectivity index (χ3v) is 9.53. The number of benzene rings is 6. The molecular weight excluding hydrogens is 623 g/mol. The highest BCUT2D eigenvalue weighted by Gasteiger charge is 2.22. The second-order valence-electron chi connectivity index (χ2n) is 12.6. The van der Waals surface area contributed by atoms with Crippen LogP contribution in [0, 0.1) is 6.92 Å². The minimum atomic E-state index is 0.621. The van der Waals surface area contributed by atoms with Crippen molar-refractivity contribution in [3.8, 4) is 45.5 Å². The molecule has 3 heterocycles. The average molecular weight is 656 g/mol. The molecule has 6 aromatic carbocycles. The fraction of sp³-hybridized carbons (Fsp3) is 0.0217. The molecule has 9 rings (SSSR count). The zero-order chi connectivity index (χ0) is 34.3. The maximum atomic E-state index is 5.04. The third kappa shape index (κ3) is 5.15. The van der Waals surface area contributed by atoms with E-state index < -0.39 is 0 Å². The van der Waals surface area contributed by atoms with Gasteiger partial charge >= 0.3 is 0 Å². The molecule has 0 aliphatic heterocycles. The highest BCUT2D eigenvalue weighted by molar-refractivity contribution is 6.19. The monoisotopic (exact) mass is 655 g/mol. The summed E-state index contributed by atoms with van der Waals surface area (Å²) in [6.07, 6.45) is 6.00. The molecule has 0 radical (unpaired) electrons. The van der Waals surface area contributed by atoms with Crippen molar-refractivity contribution in [3.63, 3.8) is 0 Å². The van der Waals surface area contributed by atoms with E-state index in [1.54, 1.807) is 0 Å². The molecule has 0 atom stereocenters. The average Bonchev–Trinajstić information content (AvgIpc) is 3.69. The van der Waals surface area contributed by atoms with Gasteiger partial charge in [-0.1, -0.05) is 140 Å². The lowest BCUT2D eigenvalue weighted by Gasteiger charge is -2.14. The number of hydrogen-bond acceptors (Lipinski definition) is 3. The predicted molar refractivity (Wildman–Crippen MR) is 211 cm³/mol. The van der Waals surface area contributed by atoms with Gasteiger partial charge in [0.1, 0.15) is 0 Å². The van der Waals surface area contributed by atoms with Crippen molar-refractivity contribution in [3.05, 3.63) is 182 Å². The van der Waals surface area contributed by atoms with E-state index in [9.17, 15) is 0 Å². The smallest absolute Gasteiger partial charge is 0.164 e. The van der Waals surface area contributed by atoms with Crippen molar-refractivity contribution >= 4 is 38.8 Å². The number of hydrogen-bond donors (Lipinski definition) is 0. The summed E-state index contributed by atoms with van der Waals surface area (Å²) in [5, 5.41) is 3.59. The molecule has 0 unspecified atom stereocenters. The van der Waals surface area contributed by atoms with E-state index >= 15 is 0 Å². The van der Waals surface area contributed by atoms with Gasteiger partial charge in [-0.25, -0.2) is 15.0 Å². The number of aromatic nitrogens is 5. The van der Waals surface area contributed by atoms with E-state index in [2.05, 4.69) is 120 Å². The summed E-state index contributed by atoms with van der Waals surface area (Å²) in [6, 6.07) is 52.6. The summed E-state index contributed by atoms with van der Waals surface area (Å²) >= 11 is 0. The second-order valence-corrected chi connectivity index (χ2v) is 12.6. The summed E-state index contributed by atoms with van der Waals surface area (Å²) in [4.78, 5) is 15.0. The van der Waals surface area contributed by atoms with Crippen molar-refractivity contribution in [1.82, 2.24) is 24.1 Å². The van der Waals surface area contributed by atoms with Crippen molar-refractivity contribution in [2.45, 2.75) is 6.92 Å². The number of nitrogens with zero attached hydrogens (tertiary/aromatic N) is 5. The molecule has 51 heavy (non-hydrogen) atoms. The summed E-state index contributed by atoms with van der Waals surface area (Å²) in [6.45, 7) is 6.17.